The molecule has 0 heterocycles. The molecule has 0 spiro atoms. The number of hydrogen-bond donors (Lipinski definition) is 0. The van der Waals surface area contributed by atoms with Gasteiger partial charge in [-0.05, 0) is 37.0 Å². The zero-order valence-corrected chi connectivity index (χ0v) is 12.8. The van der Waals surface area contributed by atoms with Crippen molar-refractivity contribution in [2.75, 3.05) is 7.11 Å². The summed E-state index contributed by atoms with van der Waals surface area (Å²) in [4.78, 5) is 0.285. The quantitative estimate of drug-likeness (QED) is 0.847. The molecule has 0 radical (unpaired) electrons. The molecule has 0 aromatic heterocycles. The minimum absolute atomic E-state index is 0.0898. The van der Waals surface area contributed by atoms with E-state index in [1.165, 1.54) is 7.11 Å². The van der Waals surface area contributed by atoms with Gasteiger partial charge in [0, 0.05) is 0 Å². The van der Waals surface area contributed by atoms with Gasteiger partial charge in [-0.15, -0.1) is 0 Å². The molecule has 0 aliphatic heterocycles. The SMILES string of the molecule is COc1ccc(C(C)(C)C)cc1S(=O)(=O)C(C)C. The Bertz CT molecular complexity index is 522. The van der Waals surface area contributed by atoms with Gasteiger partial charge in [0.15, 0.2) is 9.84 Å². The lowest BCUT2D eigenvalue weighted by Crippen LogP contribution is -2.17. The molecule has 3 nitrogen and oxygen atoms in total. The summed E-state index contributed by atoms with van der Waals surface area (Å²) in [6, 6.07) is 5.38. The van der Waals surface area contributed by atoms with Gasteiger partial charge in [0.1, 0.15) is 10.6 Å². The molecule has 1 rings (SSSR count). The van der Waals surface area contributed by atoms with E-state index < -0.39 is 15.1 Å². The van der Waals surface area contributed by atoms with Gasteiger partial charge in [-0.1, -0.05) is 26.8 Å². The van der Waals surface area contributed by atoms with Crippen LogP contribution in [0.25, 0.3) is 0 Å². The standard InChI is InChI=1S/C14H22O3S/c1-10(2)18(15,16)13-9-11(14(3,4)5)7-8-12(13)17-6/h7-10H,1-6H3. The minimum Gasteiger partial charge on any atom is -0.495 e. The van der Waals surface area contributed by atoms with Crippen LogP contribution in [0.2, 0.25) is 0 Å². The molecule has 0 amide bonds. The summed E-state index contributed by atoms with van der Waals surface area (Å²) in [7, 11) is -1.84. The third-order valence-corrected chi connectivity index (χ3v) is 5.13. The number of methoxy groups -OCH3 is 1. The molecule has 0 bridgehead atoms. The normalized spacial score (nSPS) is 12.8. The average molecular weight is 270 g/mol. The van der Waals surface area contributed by atoms with Crippen LogP contribution < -0.4 is 4.74 Å². The van der Waals surface area contributed by atoms with Crippen LogP contribution in [-0.2, 0) is 15.3 Å². The monoisotopic (exact) mass is 270 g/mol. The number of rotatable bonds is 3. The van der Waals surface area contributed by atoms with Crippen LogP contribution in [0.4, 0.5) is 0 Å². The van der Waals surface area contributed by atoms with Crippen molar-refractivity contribution in [3.05, 3.63) is 23.8 Å². The molecule has 1 aromatic rings. The van der Waals surface area contributed by atoms with Gasteiger partial charge in [-0.25, -0.2) is 8.42 Å². The second kappa shape index (κ2) is 4.92. The van der Waals surface area contributed by atoms with E-state index >= 15 is 0 Å². The molecule has 4 heteroatoms. The van der Waals surface area contributed by atoms with Gasteiger partial charge in [-0.2, -0.15) is 0 Å². The fraction of sp³-hybridized carbons (Fsp3) is 0.571. The van der Waals surface area contributed by atoms with Crippen molar-refractivity contribution in [1.82, 2.24) is 0 Å². The van der Waals surface area contributed by atoms with Gasteiger partial charge in [0.2, 0.25) is 0 Å². The smallest absolute Gasteiger partial charge is 0.184 e. The Hall–Kier alpha value is -1.03. The highest BCUT2D eigenvalue weighted by Crippen LogP contribution is 2.32. The highest BCUT2D eigenvalue weighted by molar-refractivity contribution is 7.92. The summed E-state index contributed by atoms with van der Waals surface area (Å²) in [6.45, 7) is 9.53. The topological polar surface area (TPSA) is 43.4 Å². The second-order valence-electron chi connectivity index (χ2n) is 5.71. The predicted molar refractivity (Wildman–Crippen MR) is 74.0 cm³/mol. The molecular weight excluding hydrogens is 248 g/mol. The molecule has 0 saturated heterocycles. The third-order valence-electron chi connectivity index (χ3n) is 2.96. The molecule has 0 fully saturated rings. The lowest BCUT2D eigenvalue weighted by atomic mass is 9.87. The van der Waals surface area contributed by atoms with Crippen LogP contribution in [0.1, 0.15) is 40.2 Å². The Morgan fingerprint density at radius 3 is 2.11 bits per heavy atom. The number of ether oxygens (including phenoxy) is 1. The van der Waals surface area contributed by atoms with E-state index in [0.29, 0.717) is 5.75 Å². The van der Waals surface area contributed by atoms with Crippen molar-refractivity contribution in [3.63, 3.8) is 0 Å². The van der Waals surface area contributed by atoms with Crippen molar-refractivity contribution in [2.45, 2.75) is 50.2 Å². The first kappa shape index (κ1) is 15.0. The largest absolute Gasteiger partial charge is 0.495 e. The fourth-order valence-electron chi connectivity index (χ4n) is 1.62. The second-order valence-corrected chi connectivity index (χ2v) is 8.18. The van der Waals surface area contributed by atoms with Crippen LogP contribution in [0, 0.1) is 0 Å². The molecule has 102 valence electrons. The highest BCUT2D eigenvalue weighted by Gasteiger charge is 2.26. The Balaban J connectivity index is 3.51. The molecule has 0 atom stereocenters. The fourth-order valence-corrected chi connectivity index (χ4v) is 2.85. The lowest BCUT2D eigenvalue weighted by molar-refractivity contribution is 0.401. The molecule has 1 aromatic carbocycles. The summed E-state index contributed by atoms with van der Waals surface area (Å²) in [5.41, 5.74) is 0.899. The van der Waals surface area contributed by atoms with E-state index in [0.717, 1.165) is 5.56 Å². The van der Waals surface area contributed by atoms with Crippen molar-refractivity contribution in [2.24, 2.45) is 0 Å². The maximum absolute atomic E-state index is 12.3. The van der Waals surface area contributed by atoms with Gasteiger partial charge < -0.3 is 4.74 Å². The minimum atomic E-state index is -3.33. The van der Waals surface area contributed by atoms with Crippen LogP contribution in [0.15, 0.2) is 23.1 Å². The molecule has 0 aliphatic rings. The number of sulfone groups is 1. The molecule has 0 unspecified atom stereocenters. The average Bonchev–Trinajstić information content (AvgIpc) is 2.26. The summed E-state index contributed by atoms with van der Waals surface area (Å²) >= 11 is 0. The van der Waals surface area contributed by atoms with Crippen molar-refractivity contribution in [3.8, 4) is 5.75 Å². The first-order valence-electron chi connectivity index (χ1n) is 6.03. The van der Waals surface area contributed by atoms with Crippen molar-refractivity contribution in [1.29, 1.82) is 0 Å². The van der Waals surface area contributed by atoms with E-state index in [2.05, 4.69) is 20.8 Å². The number of hydrogen-bond acceptors (Lipinski definition) is 3. The van der Waals surface area contributed by atoms with Gasteiger partial charge >= 0.3 is 0 Å². The predicted octanol–water partition coefficient (Wildman–Crippen LogP) is 3.17. The molecule has 0 saturated carbocycles. The van der Waals surface area contributed by atoms with Crippen LogP contribution in [0.5, 0.6) is 5.75 Å². The van der Waals surface area contributed by atoms with E-state index in [1.807, 2.05) is 6.07 Å². The zero-order chi connectivity index (χ0) is 14.1. The van der Waals surface area contributed by atoms with E-state index in [-0.39, 0.29) is 10.3 Å². The van der Waals surface area contributed by atoms with Crippen molar-refractivity contribution < 1.29 is 13.2 Å². The van der Waals surface area contributed by atoms with Crippen molar-refractivity contribution >= 4 is 9.84 Å². The van der Waals surface area contributed by atoms with Gasteiger partial charge in [0.25, 0.3) is 0 Å². The van der Waals surface area contributed by atoms with Gasteiger partial charge in [0.05, 0.1) is 12.4 Å². The maximum Gasteiger partial charge on any atom is 0.184 e. The Kier molecular flexibility index (Phi) is 4.11. The van der Waals surface area contributed by atoms with Gasteiger partial charge in [-0.3, -0.25) is 0 Å². The van der Waals surface area contributed by atoms with E-state index in [4.69, 9.17) is 4.74 Å². The first-order chi connectivity index (χ1) is 8.10. The van der Waals surface area contributed by atoms with Crippen LogP contribution in [-0.4, -0.2) is 20.8 Å². The van der Waals surface area contributed by atoms with Crippen LogP contribution >= 0.6 is 0 Å². The maximum atomic E-state index is 12.3. The molecular formula is C14H22O3S. The zero-order valence-electron chi connectivity index (χ0n) is 11.9. The van der Waals surface area contributed by atoms with E-state index in [9.17, 15) is 8.42 Å². The molecule has 0 aliphatic carbocycles. The Morgan fingerprint density at radius 1 is 1.17 bits per heavy atom. The van der Waals surface area contributed by atoms with E-state index in [1.54, 1.807) is 26.0 Å². The summed E-state index contributed by atoms with van der Waals surface area (Å²) in [5, 5.41) is -0.457. The lowest BCUT2D eigenvalue weighted by Gasteiger charge is -2.21. The Labute approximate surface area is 110 Å². The molecule has 0 N–H and O–H groups in total. The number of benzene rings is 1. The third kappa shape index (κ3) is 2.86. The highest BCUT2D eigenvalue weighted by atomic mass is 32.2. The Morgan fingerprint density at radius 2 is 1.72 bits per heavy atom. The molecule has 18 heavy (non-hydrogen) atoms. The van der Waals surface area contributed by atoms with Crippen LogP contribution in [0.3, 0.4) is 0 Å². The first-order valence-corrected chi connectivity index (χ1v) is 7.57. The summed E-state index contributed by atoms with van der Waals surface area (Å²) in [5.74, 6) is 0.414. The summed E-state index contributed by atoms with van der Waals surface area (Å²) < 4.78 is 29.8. The summed E-state index contributed by atoms with van der Waals surface area (Å²) in [6.07, 6.45) is 0.